The molecule has 0 aliphatic rings. The van der Waals surface area contributed by atoms with Crippen LogP contribution in [0.3, 0.4) is 0 Å². The van der Waals surface area contributed by atoms with E-state index in [2.05, 4.69) is 5.32 Å². The Morgan fingerprint density at radius 1 is 1.19 bits per heavy atom. The van der Waals surface area contributed by atoms with Crippen molar-refractivity contribution < 1.29 is 32.6 Å². The molecule has 8 heteroatoms. The van der Waals surface area contributed by atoms with Gasteiger partial charge in [0.1, 0.15) is 11.3 Å². The van der Waals surface area contributed by atoms with E-state index < -0.39 is 29.6 Å². The average Bonchev–Trinajstić information content (AvgIpc) is 2.99. The molecule has 27 heavy (non-hydrogen) atoms. The molecule has 0 fully saturated rings. The third-order valence-corrected chi connectivity index (χ3v) is 3.84. The van der Waals surface area contributed by atoms with Crippen molar-refractivity contribution in [2.45, 2.75) is 19.4 Å². The molecule has 0 aliphatic carbocycles. The summed E-state index contributed by atoms with van der Waals surface area (Å²) in [5.41, 5.74) is 1.01. The highest BCUT2D eigenvalue weighted by atomic mass is 19.2. The number of esters is 1. The summed E-state index contributed by atoms with van der Waals surface area (Å²) in [6.07, 6.45) is 0.0886. The lowest BCUT2D eigenvalue weighted by Crippen LogP contribution is -2.30. The summed E-state index contributed by atoms with van der Waals surface area (Å²) in [6.45, 7) is 1.36. The second-order valence-corrected chi connectivity index (χ2v) is 5.87. The van der Waals surface area contributed by atoms with Crippen LogP contribution in [0.5, 0.6) is 5.75 Å². The summed E-state index contributed by atoms with van der Waals surface area (Å²) in [6, 6.07) is 7.39. The Morgan fingerprint density at radius 2 is 1.96 bits per heavy atom. The molecule has 1 aromatic heterocycles. The van der Waals surface area contributed by atoms with E-state index in [0.717, 1.165) is 12.1 Å². The van der Waals surface area contributed by atoms with Crippen LogP contribution in [-0.2, 0) is 20.7 Å². The molecule has 0 aliphatic heterocycles. The Morgan fingerprint density at radius 3 is 2.70 bits per heavy atom. The van der Waals surface area contributed by atoms with Crippen LogP contribution in [0.15, 0.2) is 47.1 Å². The van der Waals surface area contributed by atoms with Crippen molar-refractivity contribution in [2.75, 3.05) is 5.32 Å². The molecule has 2 aromatic carbocycles. The first-order valence-electron chi connectivity index (χ1n) is 7.98. The third-order valence-electron chi connectivity index (χ3n) is 3.84. The van der Waals surface area contributed by atoms with Gasteiger partial charge >= 0.3 is 5.97 Å². The minimum atomic E-state index is -1.15. The van der Waals surface area contributed by atoms with Crippen molar-refractivity contribution in [1.82, 2.24) is 0 Å². The average molecular weight is 375 g/mol. The molecule has 3 aromatic rings. The lowest BCUT2D eigenvalue weighted by Gasteiger charge is -2.13. The van der Waals surface area contributed by atoms with Crippen molar-refractivity contribution in [2.24, 2.45) is 0 Å². The van der Waals surface area contributed by atoms with Gasteiger partial charge in [0.2, 0.25) is 0 Å². The molecule has 0 saturated carbocycles. The number of anilines is 1. The third kappa shape index (κ3) is 4.22. The van der Waals surface area contributed by atoms with Crippen LogP contribution in [0, 0.1) is 11.6 Å². The van der Waals surface area contributed by atoms with E-state index in [1.54, 1.807) is 6.07 Å². The van der Waals surface area contributed by atoms with E-state index in [-0.39, 0.29) is 17.9 Å². The van der Waals surface area contributed by atoms with Gasteiger partial charge in [0.05, 0.1) is 12.7 Å². The number of ether oxygens (including phenoxy) is 1. The van der Waals surface area contributed by atoms with E-state index in [0.29, 0.717) is 16.5 Å². The highest BCUT2D eigenvalue weighted by molar-refractivity contribution is 5.95. The van der Waals surface area contributed by atoms with Crippen LogP contribution in [0.4, 0.5) is 14.5 Å². The molecule has 0 bridgehead atoms. The molecule has 1 amide bonds. The molecule has 1 heterocycles. The normalized spacial score (nSPS) is 12.0. The van der Waals surface area contributed by atoms with Gasteiger partial charge in [-0.15, -0.1) is 0 Å². The largest absolute Gasteiger partial charge is 0.508 e. The molecule has 1 atom stereocenters. The minimum absolute atomic E-state index is 0.0356. The number of fused-ring (bicyclic) bond motifs is 1. The van der Waals surface area contributed by atoms with Gasteiger partial charge < -0.3 is 19.6 Å². The Balaban J connectivity index is 1.60. The maximum atomic E-state index is 13.2. The van der Waals surface area contributed by atoms with E-state index in [1.165, 1.54) is 31.4 Å². The van der Waals surface area contributed by atoms with E-state index in [1.807, 2.05) is 0 Å². The first kappa shape index (κ1) is 18.4. The predicted octanol–water partition coefficient (Wildman–Crippen LogP) is 3.53. The number of phenolic OH excluding ortho intramolecular Hbond substituents is 1. The fraction of sp³-hybridized carbons (Fsp3) is 0.158. The zero-order valence-corrected chi connectivity index (χ0v) is 14.2. The highest BCUT2D eigenvalue weighted by Crippen LogP contribution is 2.25. The van der Waals surface area contributed by atoms with Gasteiger partial charge in [-0.3, -0.25) is 9.59 Å². The molecule has 0 radical (unpaired) electrons. The first-order valence-corrected chi connectivity index (χ1v) is 7.98. The smallest absolute Gasteiger partial charge is 0.311 e. The van der Waals surface area contributed by atoms with Crippen molar-refractivity contribution in [3.63, 3.8) is 0 Å². The lowest BCUT2D eigenvalue weighted by atomic mass is 10.1. The molecule has 140 valence electrons. The number of furan rings is 1. The molecular weight excluding hydrogens is 360 g/mol. The second kappa shape index (κ2) is 7.45. The van der Waals surface area contributed by atoms with Gasteiger partial charge in [0.25, 0.3) is 5.91 Å². The number of aromatic hydroxyl groups is 1. The summed E-state index contributed by atoms with van der Waals surface area (Å²) in [5, 5.41) is 12.4. The Labute approximate surface area is 152 Å². The number of rotatable bonds is 5. The quantitative estimate of drug-likeness (QED) is 0.666. The number of amides is 1. The van der Waals surface area contributed by atoms with Gasteiger partial charge in [0.15, 0.2) is 17.7 Å². The maximum Gasteiger partial charge on any atom is 0.311 e. The number of hydrogen-bond acceptors (Lipinski definition) is 5. The molecule has 6 nitrogen and oxygen atoms in total. The number of hydrogen-bond donors (Lipinski definition) is 2. The van der Waals surface area contributed by atoms with Crippen molar-refractivity contribution >= 4 is 28.5 Å². The number of benzene rings is 2. The van der Waals surface area contributed by atoms with Crippen LogP contribution in [-0.4, -0.2) is 23.1 Å². The molecule has 0 unspecified atom stereocenters. The Bertz CT molecular complexity index is 1010. The summed E-state index contributed by atoms with van der Waals surface area (Å²) in [4.78, 5) is 24.1. The van der Waals surface area contributed by atoms with Crippen LogP contribution < -0.4 is 5.32 Å². The molecule has 2 N–H and O–H groups in total. The summed E-state index contributed by atoms with van der Waals surface area (Å²) < 4.78 is 36.4. The van der Waals surface area contributed by atoms with Crippen LogP contribution in [0.2, 0.25) is 0 Å². The van der Waals surface area contributed by atoms with Crippen molar-refractivity contribution in [3.05, 3.63) is 59.9 Å². The minimum Gasteiger partial charge on any atom is -0.508 e. The first-order chi connectivity index (χ1) is 12.8. The highest BCUT2D eigenvalue weighted by Gasteiger charge is 2.20. The fourth-order valence-corrected chi connectivity index (χ4v) is 2.47. The SMILES string of the molecule is C[C@H](OC(=O)Cc1coc2cc(O)ccc12)C(=O)Nc1ccc(F)c(F)c1. The number of carbonyl (C=O) groups excluding carboxylic acids is 2. The zero-order valence-electron chi connectivity index (χ0n) is 14.2. The second-order valence-electron chi connectivity index (χ2n) is 5.87. The number of halogens is 2. The van der Waals surface area contributed by atoms with E-state index in [4.69, 9.17) is 9.15 Å². The Hall–Kier alpha value is -3.42. The van der Waals surface area contributed by atoms with Crippen molar-refractivity contribution in [1.29, 1.82) is 0 Å². The van der Waals surface area contributed by atoms with Crippen LogP contribution in [0.25, 0.3) is 11.0 Å². The topological polar surface area (TPSA) is 88.8 Å². The summed E-state index contributed by atoms with van der Waals surface area (Å²) in [5.74, 6) is -3.45. The van der Waals surface area contributed by atoms with E-state index >= 15 is 0 Å². The van der Waals surface area contributed by atoms with E-state index in [9.17, 15) is 23.5 Å². The van der Waals surface area contributed by atoms with Gasteiger partial charge in [-0.1, -0.05) is 0 Å². The summed E-state index contributed by atoms with van der Waals surface area (Å²) >= 11 is 0. The number of phenols is 1. The number of carbonyl (C=O) groups is 2. The Kier molecular flexibility index (Phi) is 5.07. The predicted molar refractivity (Wildman–Crippen MR) is 92.1 cm³/mol. The number of nitrogens with one attached hydrogen (secondary N) is 1. The lowest BCUT2D eigenvalue weighted by molar-refractivity contribution is -0.152. The molecular formula is C19H15F2NO5. The summed E-state index contributed by atoms with van der Waals surface area (Å²) in [7, 11) is 0. The maximum absolute atomic E-state index is 13.2. The molecule has 0 spiro atoms. The molecule has 3 rings (SSSR count). The molecule has 0 saturated heterocycles. The van der Waals surface area contributed by atoms with Crippen LogP contribution in [0.1, 0.15) is 12.5 Å². The standard InChI is InChI=1S/C19H15F2NO5/c1-10(19(25)22-12-2-5-15(20)16(21)7-12)27-18(24)6-11-9-26-17-8-13(23)3-4-14(11)17/h2-5,7-10,23H,6H2,1H3,(H,22,25)/t10-/m0/s1. The zero-order chi connectivity index (χ0) is 19.6. The van der Waals surface area contributed by atoms with Gasteiger partial charge in [0, 0.05) is 28.8 Å². The van der Waals surface area contributed by atoms with Gasteiger partial charge in [-0.2, -0.15) is 0 Å². The monoisotopic (exact) mass is 375 g/mol. The van der Waals surface area contributed by atoms with Gasteiger partial charge in [-0.05, 0) is 31.2 Å². The van der Waals surface area contributed by atoms with Gasteiger partial charge in [-0.25, -0.2) is 8.78 Å². The van der Waals surface area contributed by atoms with Crippen molar-refractivity contribution in [3.8, 4) is 5.75 Å². The fourth-order valence-electron chi connectivity index (χ4n) is 2.47. The van der Waals surface area contributed by atoms with Crippen LogP contribution >= 0.6 is 0 Å².